The number of carbonyl (C=O) groups is 2. The fourth-order valence-corrected chi connectivity index (χ4v) is 3.62. The third kappa shape index (κ3) is 4.56. The standard InChI is InChI=1S/C25H30N2O3/c1-4-6-15-27(16-7-5-2)25(29)24(28)22-20-17-19(30-3)13-14-21(20)26-23(22)18-11-9-8-10-12-18/h8-14,17,26H,4-7,15-16H2,1-3H3. The van der Waals surface area contributed by atoms with Crippen molar-refractivity contribution in [3.8, 4) is 17.0 Å². The van der Waals surface area contributed by atoms with Gasteiger partial charge in [0.1, 0.15) is 5.75 Å². The topological polar surface area (TPSA) is 62.4 Å². The SMILES string of the molecule is CCCCN(CCCC)C(=O)C(=O)c1c(-c2ccccc2)[nH]c2ccc(OC)cc12. The van der Waals surface area contributed by atoms with Gasteiger partial charge in [-0.1, -0.05) is 57.0 Å². The van der Waals surface area contributed by atoms with E-state index in [0.29, 0.717) is 35.5 Å². The van der Waals surface area contributed by atoms with Gasteiger partial charge in [-0.3, -0.25) is 9.59 Å². The summed E-state index contributed by atoms with van der Waals surface area (Å²) in [6, 6.07) is 15.2. The van der Waals surface area contributed by atoms with E-state index in [1.807, 2.05) is 48.5 Å². The van der Waals surface area contributed by atoms with Crippen molar-refractivity contribution < 1.29 is 14.3 Å². The third-order valence-electron chi connectivity index (χ3n) is 5.34. The molecule has 2 aromatic carbocycles. The zero-order valence-corrected chi connectivity index (χ0v) is 18.0. The molecule has 1 aromatic heterocycles. The highest BCUT2D eigenvalue weighted by molar-refractivity contribution is 6.46. The van der Waals surface area contributed by atoms with Crippen LogP contribution in [0.25, 0.3) is 22.2 Å². The second-order valence-electron chi connectivity index (χ2n) is 7.48. The monoisotopic (exact) mass is 406 g/mol. The van der Waals surface area contributed by atoms with E-state index in [2.05, 4.69) is 18.8 Å². The lowest BCUT2D eigenvalue weighted by molar-refractivity contribution is -0.126. The number of carbonyl (C=O) groups excluding carboxylic acids is 2. The van der Waals surface area contributed by atoms with Gasteiger partial charge in [-0.15, -0.1) is 0 Å². The minimum Gasteiger partial charge on any atom is -0.497 e. The quantitative estimate of drug-likeness (QED) is 0.359. The summed E-state index contributed by atoms with van der Waals surface area (Å²) in [4.78, 5) is 31.9. The number of H-pyrrole nitrogens is 1. The molecule has 0 spiro atoms. The van der Waals surface area contributed by atoms with Crippen molar-refractivity contribution >= 4 is 22.6 Å². The molecular formula is C25H30N2O3. The van der Waals surface area contributed by atoms with Crippen molar-refractivity contribution in [2.75, 3.05) is 20.2 Å². The van der Waals surface area contributed by atoms with Gasteiger partial charge in [0.15, 0.2) is 0 Å². The second-order valence-corrected chi connectivity index (χ2v) is 7.48. The summed E-state index contributed by atoms with van der Waals surface area (Å²) in [6.07, 6.45) is 3.72. The van der Waals surface area contributed by atoms with Gasteiger partial charge in [-0.2, -0.15) is 0 Å². The highest BCUT2D eigenvalue weighted by Gasteiger charge is 2.28. The number of ether oxygens (including phenoxy) is 1. The lowest BCUT2D eigenvalue weighted by Crippen LogP contribution is -2.38. The molecule has 3 aromatic rings. The maximum absolute atomic E-state index is 13.5. The van der Waals surface area contributed by atoms with Crippen LogP contribution in [-0.2, 0) is 4.79 Å². The van der Waals surface area contributed by atoms with Crippen LogP contribution in [0.1, 0.15) is 49.9 Å². The Morgan fingerprint density at radius 2 is 1.63 bits per heavy atom. The van der Waals surface area contributed by atoms with Crippen LogP contribution in [0, 0.1) is 0 Å². The van der Waals surface area contributed by atoms with Crippen molar-refractivity contribution in [3.05, 3.63) is 54.1 Å². The number of hydrogen-bond donors (Lipinski definition) is 1. The number of rotatable bonds is 10. The van der Waals surface area contributed by atoms with Crippen molar-refractivity contribution in [1.82, 2.24) is 9.88 Å². The number of ketones is 1. The molecule has 0 atom stereocenters. The summed E-state index contributed by atoms with van der Waals surface area (Å²) >= 11 is 0. The van der Waals surface area contributed by atoms with Crippen LogP contribution in [0.4, 0.5) is 0 Å². The molecule has 0 fully saturated rings. The van der Waals surface area contributed by atoms with Gasteiger partial charge in [0.2, 0.25) is 0 Å². The van der Waals surface area contributed by atoms with E-state index in [1.165, 1.54) is 0 Å². The Kier molecular flexibility index (Phi) is 7.28. The number of methoxy groups -OCH3 is 1. The minimum atomic E-state index is -0.472. The van der Waals surface area contributed by atoms with Crippen molar-refractivity contribution in [2.24, 2.45) is 0 Å². The summed E-state index contributed by atoms with van der Waals surface area (Å²) in [5, 5.41) is 0.706. The van der Waals surface area contributed by atoms with E-state index >= 15 is 0 Å². The van der Waals surface area contributed by atoms with Crippen LogP contribution >= 0.6 is 0 Å². The Labute approximate surface area is 178 Å². The molecule has 1 heterocycles. The van der Waals surface area contributed by atoms with Gasteiger partial charge in [0.05, 0.1) is 18.4 Å². The zero-order valence-electron chi connectivity index (χ0n) is 18.0. The minimum absolute atomic E-state index is 0.415. The number of amides is 1. The summed E-state index contributed by atoms with van der Waals surface area (Å²) in [5.74, 6) is -0.255. The molecule has 0 aliphatic carbocycles. The molecule has 0 aliphatic heterocycles. The molecule has 3 rings (SSSR count). The number of fused-ring (bicyclic) bond motifs is 1. The van der Waals surface area contributed by atoms with E-state index in [-0.39, 0.29) is 0 Å². The Morgan fingerprint density at radius 3 is 2.23 bits per heavy atom. The number of benzene rings is 2. The van der Waals surface area contributed by atoms with Gasteiger partial charge in [-0.25, -0.2) is 0 Å². The maximum atomic E-state index is 13.5. The second kappa shape index (κ2) is 10.1. The molecule has 5 nitrogen and oxygen atoms in total. The molecule has 5 heteroatoms. The van der Waals surface area contributed by atoms with Gasteiger partial charge in [0.25, 0.3) is 11.7 Å². The predicted octanol–water partition coefficient (Wildman–Crippen LogP) is 5.46. The fourth-order valence-electron chi connectivity index (χ4n) is 3.62. The molecule has 1 N–H and O–H groups in total. The predicted molar refractivity (Wildman–Crippen MR) is 121 cm³/mol. The molecule has 30 heavy (non-hydrogen) atoms. The Hall–Kier alpha value is -3.08. The fraction of sp³-hybridized carbons (Fsp3) is 0.360. The normalized spacial score (nSPS) is 10.9. The Morgan fingerprint density at radius 1 is 0.967 bits per heavy atom. The van der Waals surface area contributed by atoms with Crippen LogP contribution in [-0.4, -0.2) is 41.8 Å². The zero-order chi connectivity index (χ0) is 21.5. The smallest absolute Gasteiger partial charge is 0.295 e. The molecule has 0 saturated carbocycles. The number of nitrogens with one attached hydrogen (secondary N) is 1. The number of unbranched alkanes of at least 4 members (excludes halogenated alkanes) is 2. The molecular weight excluding hydrogens is 376 g/mol. The summed E-state index contributed by atoms with van der Waals surface area (Å²) in [7, 11) is 1.59. The van der Waals surface area contributed by atoms with Crippen molar-refractivity contribution in [3.63, 3.8) is 0 Å². The van der Waals surface area contributed by atoms with Crippen LogP contribution in [0.2, 0.25) is 0 Å². The first-order valence-corrected chi connectivity index (χ1v) is 10.7. The highest BCUT2D eigenvalue weighted by atomic mass is 16.5. The first-order chi connectivity index (χ1) is 14.6. The number of nitrogens with zero attached hydrogens (tertiary/aromatic N) is 1. The summed E-state index contributed by atoms with van der Waals surface area (Å²) < 4.78 is 5.37. The van der Waals surface area contributed by atoms with Gasteiger partial charge in [0, 0.05) is 24.0 Å². The van der Waals surface area contributed by atoms with Gasteiger partial charge >= 0.3 is 0 Å². The third-order valence-corrected chi connectivity index (χ3v) is 5.34. The van der Waals surface area contributed by atoms with E-state index in [9.17, 15) is 9.59 Å². The van der Waals surface area contributed by atoms with Crippen LogP contribution < -0.4 is 4.74 Å². The van der Waals surface area contributed by atoms with E-state index in [1.54, 1.807) is 12.0 Å². The molecule has 0 aliphatic rings. The lowest BCUT2D eigenvalue weighted by atomic mass is 10.0. The van der Waals surface area contributed by atoms with Crippen LogP contribution in [0.3, 0.4) is 0 Å². The average molecular weight is 407 g/mol. The van der Waals surface area contributed by atoms with Gasteiger partial charge in [-0.05, 0) is 36.6 Å². The maximum Gasteiger partial charge on any atom is 0.295 e. The number of Topliss-reactive ketones (excluding diaryl/α,β-unsaturated/α-hetero) is 1. The van der Waals surface area contributed by atoms with E-state index in [4.69, 9.17) is 4.74 Å². The van der Waals surface area contributed by atoms with Crippen molar-refractivity contribution in [2.45, 2.75) is 39.5 Å². The first kappa shape index (κ1) is 21.6. The molecule has 0 unspecified atom stereocenters. The van der Waals surface area contributed by atoms with Crippen LogP contribution in [0.15, 0.2) is 48.5 Å². The van der Waals surface area contributed by atoms with Crippen LogP contribution in [0.5, 0.6) is 5.75 Å². The summed E-state index contributed by atoms with van der Waals surface area (Å²) in [5.41, 5.74) is 2.76. The molecule has 158 valence electrons. The summed E-state index contributed by atoms with van der Waals surface area (Å²) in [6.45, 7) is 5.38. The van der Waals surface area contributed by atoms with Gasteiger partial charge < -0.3 is 14.6 Å². The molecule has 0 saturated heterocycles. The highest BCUT2D eigenvalue weighted by Crippen LogP contribution is 2.33. The molecule has 1 amide bonds. The Bertz CT molecular complexity index is 1000. The largest absolute Gasteiger partial charge is 0.497 e. The van der Waals surface area contributed by atoms with Crippen molar-refractivity contribution in [1.29, 1.82) is 0 Å². The van der Waals surface area contributed by atoms with E-state index < -0.39 is 11.7 Å². The first-order valence-electron chi connectivity index (χ1n) is 10.7. The number of aromatic nitrogens is 1. The lowest BCUT2D eigenvalue weighted by Gasteiger charge is -2.21. The van der Waals surface area contributed by atoms with E-state index in [0.717, 1.165) is 36.8 Å². The average Bonchev–Trinajstić information content (AvgIpc) is 3.17. The number of hydrogen-bond acceptors (Lipinski definition) is 3. The molecule has 0 radical (unpaired) electrons. The Balaban J connectivity index is 2.09. The number of aromatic amines is 1. The molecule has 0 bridgehead atoms.